The lowest BCUT2D eigenvalue weighted by Crippen LogP contribution is -2.05. The van der Waals surface area contributed by atoms with E-state index in [1.807, 2.05) is 0 Å². The summed E-state index contributed by atoms with van der Waals surface area (Å²) in [6, 6.07) is 5.19. The van der Waals surface area contributed by atoms with Crippen LogP contribution in [-0.4, -0.2) is 17.6 Å². The summed E-state index contributed by atoms with van der Waals surface area (Å²) in [6.45, 7) is 1.89. The summed E-state index contributed by atoms with van der Waals surface area (Å²) in [5, 5.41) is 3.27. The Morgan fingerprint density at radius 2 is 2.50 bits per heavy atom. The summed E-state index contributed by atoms with van der Waals surface area (Å²) < 4.78 is 4.73. The summed E-state index contributed by atoms with van der Waals surface area (Å²) in [5.74, 6) is -0.661. The Morgan fingerprint density at radius 1 is 1.69 bits per heavy atom. The average Bonchev–Trinajstić information content (AvgIpc) is 2.30. The third kappa shape index (κ3) is 3.43. The van der Waals surface area contributed by atoms with Gasteiger partial charge in [0.15, 0.2) is 0 Å². The lowest BCUT2D eigenvalue weighted by atomic mass is 10.3. The first-order valence-corrected chi connectivity index (χ1v) is 4.63. The van der Waals surface area contributed by atoms with Crippen molar-refractivity contribution in [3.05, 3.63) is 46.2 Å². The summed E-state index contributed by atoms with van der Waals surface area (Å²) in [7, 11) is 0. The average molecular weight is 218 g/mol. The summed E-state index contributed by atoms with van der Waals surface area (Å²) >= 11 is 0. The maximum atomic E-state index is 11.4. The number of azide groups is 1. The van der Waals surface area contributed by atoms with Crippen LogP contribution in [0.2, 0.25) is 0 Å². The molecular formula is C10H10N4O2. The number of aromatic nitrogens is 1. The molecule has 16 heavy (non-hydrogen) atoms. The Bertz CT molecular complexity index is 435. The molecule has 0 aliphatic rings. The molecule has 0 amide bonds. The highest BCUT2D eigenvalue weighted by molar-refractivity contribution is 5.92. The number of pyridine rings is 1. The van der Waals surface area contributed by atoms with E-state index in [1.165, 1.54) is 6.08 Å². The van der Waals surface area contributed by atoms with Crippen LogP contribution in [-0.2, 0) is 9.53 Å². The number of esters is 1. The third-order valence-corrected chi connectivity index (χ3v) is 1.61. The lowest BCUT2D eigenvalue weighted by molar-refractivity contribution is -0.138. The monoisotopic (exact) mass is 218 g/mol. The molecule has 0 saturated heterocycles. The Kier molecular flexibility index (Phi) is 4.56. The van der Waals surface area contributed by atoms with Crippen molar-refractivity contribution in [1.29, 1.82) is 0 Å². The van der Waals surface area contributed by atoms with Gasteiger partial charge in [0.25, 0.3) is 0 Å². The number of carbonyl (C=O) groups is 1. The Morgan fingerprint density at radius 3 is 3.06 bits per heavy atom. The van der Waals surface area contributed by atoms with Gasteiger partial charge in [-0.3, -0.25) is 4.98 Å². The van der Waals surface area contributed by atoms with E-state index in [-0.39, 0.29) is 12.3 Å². The minimum atomic E-state index is -0.661. The first kappa shape index (κ1) is 11.7. The van der Waals surface area contributed by atoms with E-state index in [0.717, 1.165) is 0 Å². The zero-order chi connectivity index (χ0) is 11.8. The van der Waals surface area contributed by atoms with E-state index in [0.29, 0.717) is 5.69 Å². The van der Waals surface area contributed by atoms with Gasteiger partial charge in [0.2, 0.25) is 0 Å². The number of nitrogens with zero attached hydrogens (tertiary/aromatic N) is 4. The SMILES string of the molecule is CCOC(=O)/C(=C/c1ccccn1)N=[N+]=[N-]. The lowest BCUT2D eigenvalue weighted by Gasteiger charge is -2.00. The Labute approximate surface area is 92.2 Å². The van der Waals surface area contributed by atoms with Crippen LogP contribution in [0.15, 0.2) is 35.2 Å². The quantitative estimate of drug-likeness (QED) is 0.255. The number of rotatable bonds is 4. The van der Waals surface area contributed by atoms with Crippen LogP contribution in [0.25, 0.3) is 16.5 Å². The second-order valence-electron chi connectivity index (χ2n) is 2.69. The molecule has 0 spiro atoms. The minimum absolute atomic E-state index is 0.108. The molecule has 0 unspecified atom stereocenters. The highest BCUT2D eigenvalue weighted by Crippen LogP contribution is 2.07. The first-order chi connectivity index (χ1) is 7.77. The van der Waals surface area contributed by atoms with Crippen molar-refractivity contribution in [3.8, 4) is 0 Å². The molecule has 0 bridgehead atoms. The van der Waals surface area contributed by atoms with Gasteiger partial charge in [-0.1, -0.05) is 11.2 Å². The predicted octanol–water partition coefficient (Wildman–Crippen LogP) is 2.30. The molecule has 0 aromatic carbocycles. The number of carbonyl (C=O) groups excluding carboxylic acids is 1. The van der Waals surface area contributed by atoms with Crippen molar-refractivity contribution < 1.29 is 9.53 Å². The van der Waals surface area contributed by atoms with Crippen molar-refractivity contribution in [3.63, 3.8) is 0 Å². The molecule has 0 aliphatic heterocycles. The largest absolute Gasteiger partial charge is 0.462 e. The van der Waals surface area contributed by atoms with Gasteiger partial charge in [0.1, 0.15) is 5.70 Å². The molecule has 6 nitrogen and oxygen atoms in total. The fourth-order valence-corrected chi connectivity index (χ4v) is 0.983. The number of hydrogen-bond acceptors (Lipinski definition) is 4. The standard InChI is InChI=1S/C10H10N4O2/c1-2-16-10(15)9(13-14-11)7-8-5-3-4-6-12-8/h3-7H,2H2,1H3/b9-7-. The summed E-state index contributed by atoms with van der Waals surface area (Å²) in [4.78, 5) is 17.9. The summed E-state index contributed by atoms with van der Waals surface area (Å²) in [5.41, 5.74) is 8.74. The molecule has 1 heterocycles. The van der Waals surface area contributed by atoms with E-state index in [4.69, 9.17) is 10.3 Å². The zero-order valence-corrected chi connectivity index (χ0v) is 8.70. The van der Waals surface area contributed by atoms with Gasteiger partial charge < -0.3 is 4.74 Å². The third-order valence-electron chi connectivity index (χ3n) is 1.61. The molecule has 0 aliphatic carbocycles. The maximum absolute atomic E-state index is 11.4. The van der Waals surface area contributed by atoms with Crippen LogP contribution >= 0.6 is 0 Å². The minimum Gasteiger partial charge on any atom is -0.462 e. The molecule has 82 valence electrons. The van der Waals surface area contributed by atoms with Gasteiger partial charge >= 0.3 is 5.97 Å². The van der Waals surface area contributed by atoms with Gasteiger partial charge in [-0.05, 0) is 30.7 Å². The molecule has 1 aromatic heterocycles. The second kappa shape index (κ2) is 6.21. The van der Waals surface area contributed by atoms with E-state index in [9.17, 15) is 4.79 Å². The van der Waals surface area contributed by atoms with Crippen molar-refractivity contribution in [2.75, 3.05) is 6.61 Å². The van der Waals surface area contributed by atoms with Crippen molar-refractivity contribution >= 4 is 12.0 Å². The van der Waals surface area contributed by atoms with E-state index in [1.54, 1.807) is 31.3 Å². The Balaban J connectivity index is 2.98. The zero-order valence-electron chi connectivity index (χ0n) is 8.70. The normalized spacial score (nSPS) is 10.4. The fourth-order valence-electron chi connectivity index (χ4n) is 0.983. The highest BCUT2D eigenvalue weighted by atomic mass is 16.5. The molecule has 1 aromatic rings. The van der Waals surface area contributed by atoms with E-state index >= 15 is 0 Å². The van der Waals surface area contributed by atoms with Gasteiger partial charge in [0, 0.05) is 11.1 Å². The number of hydrogen-bond donors (Lipinski definition) is 0. The van der Waals surface area contributed by atoms with Gasteiger partial charge in [-0.2, -0.15) is 0 Å². The van der Waals surface area contributed by atoms with E-state index < -0.39 is 5.97 Å². The topological polar surface area (TPSA) is 88.0 Å². The van der Waals surface area contributed by atoms with Crippen molar-refractivity contribution in [2.45, 2.75) is 6.92 Å². The van der Waals surface area contributed by atoms with Crippen LogP contribution < -0.4 is 0 Å². The van der Waals surface area contributed by atoms with Gasteiger partial charge in [-0.25, -0.2) is 4.79 Å². The summed E-state index contributed by atoms with van der Waals surface area (Å²) in [6.07, 6.45) is 2.95. The fraction of sp³-hybridized carbons (Fsp3) is 0.200. The van der Waals surface area contributed by atoms with Gasteiger partial charge in [0.05, 0.1) is 12.3 Å². The highest BCUT2D eigenvalue weighted by Gasteiger charge is 2.08. The van der Waals surface area contributed by atoms with Crippen LogP contribution in [0.1, 0.15) is 12.6 Å². The smallest absolute Gasteiger partial charge is 0.340 e. The van der Waals surface area contributed by atoms with Crippen LogP contribution in [0.4, 0.5) is 0 Å². The maximum Gasteiger partial charge on any atom is 0.340 e. The van der Waals surface area contributed by atoms with Gasteiger partial charge in [-0.15, -0.1) is 0 Å². The molecule has 0 N–H and O–H groups in total. The molecule has 0 fully saturated rings. The molecule has 1 rings (SSSR count). The van der Waals surface area contributed by atoms with Crippen LogP contribution in [0.3, 0.4) is 0 Å². The molecule has 0 radical (unpaired) electrons. The number of ether oxygens (including phenoxy) is 1. The molecule has 6 heteroatoms. The van der Waals surface area contributed by atoms with E-state index in [2.05, 4.69) is 15.0 Å². The second-order valence-corrected chi connectivity index (χ2v) is 2.69. The Hall–Kier alpha value is -2.33. The van der Waals surface area contributed by atoms with Crippen LogP contribution in [0.5, 0.6) is 0 Å². The van der Waals surface area contributed by atoms with Crippen molar-refractivity contribution in [1.82, 2.24) is 4.98 Å². The van der Waals surface area contributed by atoms with Crippen LogP contribution in [0, 0.1) is 0 Å². The predicted molar refractivity (Wildman–Crippen MR) is 58.0 cm³/mol. The molecule has 0 saturated carbocycles. The first-order valence-electron chi connectivity index (χ1n) is 4.63. The van der Waals surface area contributed by atoms with Crippen molar-refractivity contribution in [2.24, 2.45) is 5.11 Å². The molecular weight excluding hydrogens is 208 g/mol. The molecule has 0 atom stereocenters.